The summed E-state index contributed by atoms with van der Waals surface area (Å²) in [4.78, 5) is 0. The van der Waals surface area contributed by atoms with Gasteiger partial charge in [-0.1, -0.05) is 13.0 Å². The molecule has 0 radical (unpaired) electrons. The van der Waals surface area contributed by atoms with Crippen LogP contribution < -0.4 is 10.5 Å². The third-order valence-corrected chi connectivity index (χ3v) is 2.53. The van der Waals surface area contributed by atoms with E-state index < -0.39 is 5.82 Å². The van der Waals surface area contributed by atoms with Crippen molar-refractivity contribution < 1.29 is 9.13 Å². The molecule has 0 atom stereocenters. The molecule has 0 aliphatic carbocycles. The summed E-state index contributed by atoms with van der Waals surface area (Å²) < 4.78 is 20.9. The standard InChI is InChI=1S/C13H15FN4O/c1-2-6-18-8-9(7-17-18)19-11-5-3-4-10(14)12(11)13(15)16/h3-5,7-8H,2,6H2,1H3,(H3,15,16). The zero-order valence-electron chi connectivity index (χ0n) is 10.6. The summed E-state index contributed by atoms with van der Waals surface area (Å²) in [5.41, 5.74) is 5.33. The number of hydrogen-bond acceptors (Lipinski definition) is 3. The van der Waals surface area contributed by atoms with E-state index in [1.807, 2.05) is 6.92 Å². The van der Waals surface area contributed by atoms with Crippen molar-refractivity contribution in [2.24, 2.45) is 5.73 Å². The van der Waals surface area contributed by atoms with E-state index in [4.69, 9.17) is 15.9 Å². The first-order chi connectivity index (χ1) is 9.11. The summed E-state index contributed by atoms with van der Waals surface area (Å²) >= 11 is 0. The van der Waals surface area contributed by atoms with E-state index in [1.54, 1.807) is 23.1 Å². The van der Waals surface area contributed by atoms with E-state index in [1.165, 1.54) is 12.1 Å². The van der Waals surface area contributed by atoms with Crippen LogP contribution in [0.4, 0.5) is 4.39 Å². The van der Waals surface area contributed by atoms with Crippen LogP contribution in [0.2, 0.25) is 0 Å². The predicted molar refractivity (Wildman–Crippen MR) is 70.0 cm³/mol. The molecule has 2 rings (SSSR count). The largest absolute Gasteiger partial charge is 0.453 e. The summed E-state index contributed by atoms with van der Waals surface area (Å²) in [6, 6.07) is 4.31. The first-order valence-corrected chi connectivity index (χ1v) is 5.95. The van der Waals surface area contributed by atoms with Gasteiger partial charge in [0.1, 0.15) is 17.4 Å². The van der Waals surface area contributed by atoms with Gasteiger partial charge in [0.2, 0.25) is 0 Å². The van der Waals surface area contributed by atoms with Crippen LogP contribution in [-0.4, -0.2) is 15.6 Å². The van der Waals surface area contributed by atoms with Crippen molar-refractivity contribution in [3.05, 3.63) is 42.0 Å². The summed E-state index contributed by atoms with van der Waals surface area (Å²) in [5, 5.41) is 11.5. The summed E-state index contributed by atoms with van der Waals surface area (Å²) in [5.74, 6) is -0.245. The van der Waals surface area contributed by atoms with Crippen molar-refractivity contribution in [2.45, 2.75) is 19.9 Å². The molecule has 0 aliphatic heterocycles. The second-order valence-electron chi connectivity index (χ2n) is 4.07. The zero-order valence-corrected chi connectivity index (χ0v) is 10.6. The van der Waals surface area contributed by atoms with Crippen molar-refractivity contribution in [1.29, 1.82) is 5.41 Å². The molecule has 100 valence electrons. The fourth-order valence-corrected chi connectivity index (χ4v) is 1.73. The van der Waals surface area contributed by atoms with Crippen LogP contribution >= 0.6 is 0 Å². The maximum atomic E-state index is 13.6. The number of amidine groups is 1. The van der Waals surface area contributed by atoms with Gasteiger partial charge < -0.3 is 10.5 Å². The van der Waals surface area contributed by atoms with Crippen LogP contribution in [-0.2, 0) is 6.54 Å². The molecule has 6 heteroatoms. The molecule has 0 aliphatic rings. The van der Waals surface area contributed by atoms with E-state index in [0.717, 1.165) is 13.0 Å². The molecule has 0 bridgehead atoms. The Balaban J connectivity index is 2.27. The van der Waals surface area contributed by atoms with Gasteiger partial charge in [0, 0.05) is 6.54 Å². The number of aromatic nitrogens is 2. The van der Waals surface area contributed by atoms with Crippen molar-refractivity contribution in [2.75, 3.05) is 0 Å². The van der Waals surface area contributed by atoms with Gasteiger partial charge >= 0.3 is 0 Å². The highest BCUT2D eigenvalue weighted by Gasteiger charge is 2.13. The van der Waals surface area contributed by atoms with Crippen LogP contribution in [0.25, 0.3) is 0 Å². The van der Waals surface area contributed by atoms with Crippen molar-refractivity contribution in [1.82, 2.24) is 9.78 Å². The molecule has 0 unspecified atom stereocenters. The molecule has 1 aromatic carbocycles. The Bertz CT molecular complexity index is 594. The molecule has 0 amide bonds. The highest BCUT2D eigenvalue weighted by atomic mass is 19.1. The van der Waals surface area contributed by atoms with Gasteiger partial charge in [-0.3, -0.25) is 10.1 Å². The second kappa shape index (κ2) is 5.51. The number of nitrogen functional groups attached to an aromatic ring is 1. The highest BCUT2D eigenvalue weighted by molar-refractivity contribution is 5.97. The number of hydrogen-bond donors (Lipinski definition) is 2. The van der Waals surface area contributed by atoms with Gasteiger partial charge in [0.15, 0.2) is 5.75 Å². The Labute approximate surface area is 110 Å². The van der Waals surface area contributed by atoms with Crippen molar-refractivity contribution in [3.8, 4) is 11.5 Å². The van der Waals surface area contributed by atoms with Gasteiger partial charge in [-0.25, -0.2) is 4.39 Å². The van der Waals surface area contributed by atoms with Crippen LogP contribution in [0, 0.1) is 11.2 Å². The monoisotopic (exact) mass is 262 g/mol. The van der Waals surface area contributed by atoms with E-state index in [-0.39, 0.29) is 17.1 Å². The Morgan fingerprint density at radius 3 is 3.00 bits per heavy atom. The molecule has 0 saturated carbocycles. The summed E-state index contributed by atoms with van der Waals surface area (Å²) in [6.45, 7) is 2.83. The minimum absolute atomic E-state index is 0.0364. The quantitative estimate of drug-likeness (QED) is 0.642. The molecule has 0 spiro atoms. The Kier molecular flexibility index (Phi) is 3.79. The molecule has 0 saturated heterocycles. The lowest BCUT2D eigenvalue weighted by Gasteiger charge is -2.09. The number of rotatable bonds is 5. The third-order valence-electron chi connectivity index (χ3n) is 2.53. The molecule has 19 heavy (non-hydrogen) atoms. The number of halogens is 1. The van der Waals surface area contributed by atoms with Crippen LogP contribution in [0.3, 0.4) is 0 Å². The second-order valence-corrected chi connectivity index (χ2v) is 4.07. The summed E-state index contributed by atoms with van der Waals surface area (Å²) in [6.07, 6.45) is 4.22. The SMILES string of the molecule is CCCn1cc(Oc2cccc(F)c2C(=N)N)cn1. The number of benzene rings is 1. The molecule has 1 heterocycles. The maximum Gasteiger partial charge on any atom is 0.165 e. The number of nitrogens with zero attached hydrogens (tertiary/aromatic N) is 2. The first kappa shape index (κ1) is 13.1. The van der Waals surface area contributed by atoms with Crippen molar-refractivity contribution >= 4 is 5.84 Å². The van der Waals surface area contributed by atoms with E-state index in [9.17, 15) is 4.39 Å². The maximum absolute atomic E-state index is 13.6. The lowest BCUT2D eigenvalue weighted by atomic mass is 10.1. The minimum Gasteiger partial charge on any atom is -0.453 e. The Hall–Kier alpha value is -2.37. The third kappa shape index (κ3) is 2.90. The molecule has 2 aromatic rings. The normalized spacial score (nSPS) is 10.4. The smallest absolute Gasteiger partial charge is 0.165 e. The van der Waals surface area contributed by atoms with Gasteiger partial charge in [0.05, 0.1) is 18.0 Å². The van der Waals surface area contributed by atoms with Gasteiger partial charge in [0.25, 0.3) is 0 Å². The molecule has 1 aromatic heterocycles. The van der Waals surface area contributed by atoms with Gasteiger partial charge in [-0.2, -0.15) is 5.10 Å². The first-order valence-electron chi connectivity index (χ1n) is 5.95. The van der Waals surface area contributed by atoms with Gasteiger partial charge in [-0.05, 0) is 18.6 Å². The number of ether oxygens (including phenoxy) is 1. The summed E-state index contributed by atoms with van der Waals surface area (Å²) in [7, 11) is 0. The number of nitrogens with one attached hydrogen (secondary N) is 1. The van der Waals surface area contributed by atoms with Crippen LogP contribution in [0.5, 0.6) is 11.5 Å². The van der Waals surface area contributed by atoms with Crippen molar-refractivity contribution in [3.63, 3.8) is 0 Å². The zero-order chi connectivity index (χ0) is 13.8. The fourth-order valence-electron chi connectivity index (χ4n) is 1.73. The molecular formula is C13H15FN4O. The average molecular weight is 262 g/mol. The minimum atomic E-state index is -0.578. The number of nitrogens with two attached hydrogens (primary N) is 1. The highest BCUT2D eigenvalue weighted by Crippen LogP contribution is 2.26. The fraction of sp³-hybridized carbons (Fsp3) is 0.231. The topological polar surface area (TPSA) is 76.9 Å². The van der Waals surface area contributed by atoms with E-state index in [0.29, 0.717) is 5.75 Å². The average Bonchev–Trinajstić information content (AvgIpc) is 2.76. The van der Waals surface area contributed by atoms with Crippen LogP contribution in [0.1, 0.15) is 18.9 Å². The molecule has 5 nitrogen and oxygen atoms in total. The van der Waals surface area contributed by atoms with Gasteiger partial charge in [-0.15, -0.1) is 0 Å². The lowest BCUT2D eigenvalue weighted by molar-refractivity contribution is 0.473. The lowest BCUT2D eigenvalue weighted by Crippen LogP contribution is -2.14. The Morgan fingerprint density at radius 2 is 2.32 bits per heavy atom. The molecule has 0 fully saturated rings. The molecular weight excluding hydrogens is 247 g/mol. The Morgan fingerprint density at radius 1 is 1.53 bits per heavy atom. The molecule has 3 N–H and O–H groups in total. The predicted octanol–water partition coefficient (Wildman–Crippen LogP) is 2.51. The van der Waals surface area contributed by atoms with E-state index in [2.05, 4.69) is 5.10 Å². The van der Waals surface area contributed by atoms with E-state index >= 15 is 0 Å². The van der Waals surface area contributed by atoms with Crippen LogP contribution in [0.15, 0.2) is 30.6 Å². The number of aryl methyl sites for hydroxylation is 1.